The van der Waals surface area contributed by atoms with Gasteiger partial charge in [-0.05, 0) is 18.6 Å². The van der Waals surface area contributed by atoms with Crippen LogP contribution in [0.15, 0.2) is 12.1 Å². The summed E-state index contributed by atoms with van der Waals surface area (Å²) >= 11 is 11.7. The maximum absolute atomic E-state index is 12.0. The maximum Gasteiger partial charge on any atom is 0.253 e. The Morgan fingerprint density at radius 1 is 1.41 bits per heavy atom. The summed E-state index contributed by atoms with van der Waals surface area (Å²) < 4.78 is 0. The van der Waals surface area contributed by atoms with Crippen molar-refractivity contribution in [2.24, 2.45) is 0 Å². The van der Waals surface area contributed by atoms with Gasteiger partial charge in [-0.3, -0.25) is 4.79 Å². The molecule has 0 unspecified atom stereocenters. The van der Waals surface area contributed by atoms with Gasteiger partial charge < -0.3 is 10.6 Å². The lowest BCUT2D eigenvalue weighted by atomic mass is 10.1. The predicted octanol–water partition coefficient (Wildman–Crippen LogP) is 3.45. The van der Waals surface area contributed by atoms with Gasteiger partial charge >= 0.3 is 0 Å². The molecule has 94 valence electrons. The third kappa shape index (κ3) is 3.51. The summed E-state index contributed by atoms with van der Waals surface area (Å²) in [7, 11) is 1.76. The quantitative estimate of drug-likeness (QED) is 0.855. The zero-order valence-corrected chi connectivity index (χ0v) is 11.5. The number of unbranched alkanes of at least 4 members (excludes halogenated alkanes) is 1. The number of halogens is 2. The van der Waals surface area contributed by atoms with Crippen LogP contribution in [0, 0.1) is 0 Å². The molecule has 0 bridgehead atoms. The number of nitrogens with zero attached hydrogens (tertiary/aromatic N) is 1. The fourth-order valence-corrected chi connectivity index (χ4v) is 1.79. The second-order valence-corrected chi connectivity index (χ2v) is 4.73. The average molecular weight is 275 g/mol. The Labute approximate surface area is 111 Å². The molecular weight excluding hydrogens is 259 g/mol. The minimum atomic E-state index is -0.0938. The summed E-state index contributed by atoms with van der Waals surface area (Å²) in [6.45, 7) is 2.80. The molecule has 0 atom stereocenters. The maximum atomic E-state index is 12.0. The first-order valence-corrected chi connectivity index (χ1v) is 6.23. The van der Waals surface area contributed by atoms with Crippen molar-refractivity contribution in [2.45, 2.75) is 19.8 Å². The van der Waals surface area contributed by atoms with Gasteiger partial charge in [0, 0.05) is 19.2 Å². The lowest BCUT2D eigenvalue weighted by Gasteiger charge is -2.17. The van der Waals surface area contributed by atoms with Crippen LogP contribution in [-0.4, -0.2) is 24.4 Å². The molecule has 0 aliphatic heterocycles. The van der Waals surface area contributed by atoms with Crippen molar-refractivity contribution in [3.8, 4) is 0 Å². The van der Waals surface area contributed by atoms with Gasteiger partial charge in [0.1, 0.15) is 0 Å². The Bertz CT molecular complexity index is 398. The molecule has 0 fully saturated rings. The molecule has 3 nitrogen and oxygen atoms in total. The minimum Gasteiger partial charge on any atom is -0.397 e. The topological polar surface area (TPSA) is 46.3 Å². The van der Waals surface area contributed by atoms with E-state index in [1.165, 1.54) is 0 Å². The number of carbonyl (C=O) groups excluding carboxylic acids is 1. The van der Waals surface area contributed by atoms with Crippen molar-refractivity contribution >= 4 is 34.8 Å². The van der Waals surface area contributed by atoms with Gasteiger partial charge in [-0.15, -0.1) is 0 Å². The van der Waals surface area contributed by atoms with Gasteiger partial charge in [0.15, 0.2) is 0 Å². The number of benzene rings is 1. The molecule has 5 heteroatoms. The van der Waals surface area contributed by atoms with E-state index in [0.29, 0.717) is 21.3 Å². The SMILES string of the molecule is CCCCN(C)C(=O)c1cc(N)c(Cl)c(Cl)c1. The molecule has 0 aliphatic carbocycles. The average Bonchev–Trinajstić information content (AvgIpc) is 2.31. The summed E-state index contributed by atoms with van der Waals surface area (Å²) in [5.74, 6) is -0.0938. The second-order valence-electron chi connectivity index (χ2n) is 3.94. The Balaban J connectivity index is 2.89. The van der Waals surface area contributed by atoms with E-state index in [2.05, 4.69) is 6.92 Å². The summed E-state index contributed by atoms with van der Waals surface area (Å²) in [4.78, 5) is 13.7. The lowest BCUT2D eigenvalue weighted by Crippen LogP contribution is -2.27. The molecule has 1 aromatic rings. The molecule has 0 heterocycles. The molecule has 2 N–H and O–H groups in total. The van der Waals surface area contributed by atoms with Crippen LogP contribution in [-0.2, 0) is 0 Å². The van der Waals surface area contributed by atoms with Crippen LogP contribution in [0.2, 0.25) is 10.0 Å². The van der Waals surface area contributed by atoms with Gasteiger partial charge in [0.25, 0.3) is 5.91 Å². The number of hydrogen-bond donors (Lipinski definition) is 1. The third-order valence-electron chi connectivity index (χ3n) is 2.50. The van der Waals surface area contributed by atoms with Gasteiger partial charge in [0.2, 0.25) is 0 Å². The number of carbonyl (C=O) groups is 1. The molecule has 1 aromatic carbocycles. The molecule has 0 aliphatic rings. The number of anilines is 1. The Kier molecular flexibility index (Phi) is 5.09. The third-order valence-corrected chi connectivity index (χ3v) is 3.31. The monoisotopic (exact) mass is 274 g/mol. The van der Waals surface area contributed by atoms with Gasteiger partial charge in [-0.2, -0.15) is 0 Å². The Hall–Kier alpha value is -0.930. The normalized spacial score (nSPS) is 10.4. The number of nitrogens with two attached hydrogens (primary N) is 1. The van der Waals surface area contributed by atoms with Crippen LogP contribution in [0.4, 0.5) is 5.69 Å². The standard InChI is InChI=1S/C12H16Cl2N2O/c1-3-4-5-16(2)12(17)8-6-9(13)11(14)10(15)7-8/h6-7H,3-5,15H2,1-2H3. The molecule has 0 radical (unpaired) electrons. The number of rotatable bonds is 4. The molecule has 0 spiro atoms. The first-order chi connectivity index (χ1) is 7.97. The molecule has 1 rings (SSSR count). The fraction of sp³-hybridized carbons (Fsp3) is 0.417. The van der Waals surface area contributed by atoms with Gasteiger partial charge in [0.05, 0.1) is 15.7 Å². The van der Waals surface area contributed by atoms with Crippen LogP contribution in [0.25, 0.3) is 0 Å². The highest BCUT2D eigenvalue weighted by molar-refractivity contribution is 6.43. The minimum absolute atomic E-state index is 0.0938. The van der Waals surface area contributed by atoms with Crippen molar-refractivity contribution in [2.75, 3.05) is 19.3 Å². The summed E-state index contributed by atoms with van der Waals surface area (Å²) in [6.07, 6.45) is 2.01. The van der Waals surface area contributed by atoms with Crippen molar-refractivity contribution < 1.29 is 4.79 Å². The summed E-state index contributed by atoms with van der Waals surface area (Å²) in [6, 6.07) is 3.10. The van der Waals surface area contributed by atoms with E-state index in [-0.39, 0.29) is 5.91 Å². The highest BCUT2D eigenvalue weighted by Crippen LogP contribution is 2.29. The van der Waals surface area contributed by atoms with Gasteiger partial charge in [-0.1, -0.05) is 36.5 Å². The number of amides is 1. The lowest BCUT2D eigenvalue weighted by molar-refractivity contribution is 0.0793. The van der Waals surface area contributed by atoms with Gasteiger partial charge in [-0.25, -0.2) is 0 Å². The highest BCUT2D eigenvalue weighted by Gasteiger charge is 2.14. The van der Waals surface area contributed by atoms with E-state index in [1.807, 2.05) is 0 Å². The smallest absolute Gasteiger partial charge is 0.253 e. The summed E-state index contributed by atoms with van der Waals surface area (Å²) in [5, 5.41) is 0.596. The number of nitrogen functional groups attached to an aromatic ring is 1. The zero-order valence-electron chi connectivity index (χ0n) is 9.96. The predicted molar refractivity (Wildman–Crippen MR) is 72.7 cm³/mol. The van der Waals surface area contributed by atoms with Crippen LogP contribution in [0.1, 0.15) is 30.1 Å². The van der Waals surface area contributed by atoms with Crippen molar-refractivity contribution in [3.05, 3.63) is 27.7 Å². The van der Waals surface area contributed by atoms with E-state index in [4.69, 9.17) is 28.9 Å². The molecule has 17 heavy (non-hydrogen) atoms. The van der Waals surface area contributed by atoms with E-state index < -0.39 is 0 Å². The molecular formula is C12H16Cl2N2O. The highest BCUT2D eigenvalue weighted by atomic mass is 35.5. The second kappa shape index (κ2) is 6.12. The van der Waals surface area contributed by atoms with E-state index >= 15 is 0 Å². The van der Waals surface area contributed by atoms with Crippen molar-refractivity contribution in [1.82, 2.24) is 4.90 Å². The van der Waals surface area contributed by atoms with Crippen LogP contribution >= 0.6 is 23.2 Å². The summed E-state index contributed by atoms with van der Waals surface area (Å²) in [5.41, 5.74) is 6.47. The largest absolute Gasteiger partial charge is 0.397 e. The van der Waals surface area contributed by atoms with Crippen molar-refractivity contribution in [1.29, 1.82) is 0 Å². The van der Waals surface area contributed by atoms with Crippen LogP contribution in [0.3, 0.4) is 0 Å². The first-order valence-electron chi connectivity index (χ1n) is 5.47. The van der Waals surface area contributed by atoms with E-state index in [1.54, 1.807) is 24.1 Å². The zero-order chi connectivity index (χ0) is 13.0. The van der Waals surface area contributed by atoms with E-state index in [9.17, 15) is 4.79 Å². The Morgan fingerprint density at radius 3 is 2.59 bits per heavy atom. The van der Waals surface area contributed by atoms with Crippen LogP contribution < -0.4 is 5.73 Å². The molecule has 0 saturated heterocycles. The first kappa shape index (κ1) is 14.1. The van der Waals surface area contributed by atoms with Crippen molar-refractivity contribution in [3.63, 3.8) is 0 Å². The molecule has 1 amide bonds. The number of hydrogen-bond acceptors (Lipinski definition) is 2. The molecule has 0 saturated carbocycles. The molecule has 0 aromatic heterocycles. The Morgan fingerprint density at radius 2 is 2.06 bits per heavy atom. The fourth-order valence-electron chi connectivity index (χ4n) is 1.45. The van der Waals surface area contributed by atoms with E-state index in [0.717, 1.165) is 19.4 Å². The van der Waals surface area contributed by atoms with Crippen LogP contribution in [0.5, 0.6) is 0 Å².